The molecule has 9 heteroatoms. The van der Waals surface area contributed by atoms with E-state index in [0.29, 0.717) is 50.1 Å². The number of benzene rings is 1. The number of nitrogens with zero attached hydrogens (tertiary/aromatic N) is 3. The van der Waals surface area contributed by atoms with Crippen LogP contribution >= 0.6 is 0 Å². The Kier molecular flexibility index (Phi) is 5.08. The minimum absolute atomic E-state index is 0.165. The summed E-state index contributed by atoms with van der Waals surface area (Å²) in [6.45, 7) is 0.701. The molecule has 32 heavy (non-hydrogen) atoms. The van der Waals surface area contributed by atoms with Gasteiger partial charge in [-0.3, -0.25) is 14.6 Å². The van der Waals surface area contributed by atoms with Crippen molar-refractivity contribution in [2.75, 3.05) is 20.2 Å². The van der Waals surface area contributed by atoms with E-state index in [1.807, 2.05) is 0 Å². The van der Waals surface area contributed by atoms with Crippen LogP contribution in [-0.4, -0.2) is 58.6 Å². The number of likely N-dealkylation sites (tertiary alicyclic amines) is 1. The van der Waals surface area contributed by atoms with Crippen molar-refractivity contribution in [2.24, 2.45) is 0 Å². The van der Waals surface area contributed by atoms with Crippen LogP contribution in [0.5, 0.6) is 5.75 Å². The Morgan fingerprint density at radius 2 is 1.88 bits per heavy atom. The van der Waals surface area contributed by atoms with Gasteiger partial charge in [0.1, 0.15) is 29.3 Å². The van der Waals surface area contributed by atoms with Gasteiger partial charge in [-0.15, -0.1) is 0 Å². The smallest absolute Gasteiger partial charge is 0.272 e. The van der Waals surface area contributed by atoms with Crippen LogP contribution in [0.25, 0.3) is 0 Å². The Hall–Kier alpha value is -3.07. The van der Waals surface area contributed by atoms with E-state index < -0.39 is 29.5 Å². The van der Waals surface area contributed by atoms with E-state index in [2.05, 4.69) is 4.98 Å². The molecule has 5 rings (SSSR count). The van der Waals surface area contributed by atoms with Crippen LogP contribution in [0.2, 0.25) is 0 Å². The second-order valence-electron chi connectivity index (χ2n) is 8.45. The molecule has 1 aromatic heterocycles. The molecule has 2 amide bonds. The van der Waals surface area contributed by atoms with E-state index in [0.717, 1.165) is 6.07 Å². The van der Waals surface area contributed by atoms with E-state index in [4.69, 9.17) is 9.47 Å². The van der Waals surface area contributed by atoms with Crippen LogP contribution in [0.4, 0.5) is 8.78 Å². The second kappa shape index (κ2) is 7.81. The standard InChI is InChI=1S/C23H23F2N3O4/c1-31-17-4-7-26-18(13-17)21(29)27-8-5-23(6-9-27)22(30)28-19(2-3-20(28)32-23)14-10-15(24)12-16(25)11-14/h4,7,10-13,19-20H,2-3,5-6,8-9H2,1H3. The van der Waals surface area contributed by atoms with E-state index in [1.165, 1.54) is 25.4 Å². The molecule has 2 aromatic rings. The number of methoxy groups -OCH3 is 1. The third-order valence-electron chi connectivity index (χ3n) is 6.63. The topological polar surface area (TPSA) is 72.0 Å². The van der Waals surface area contributed by atoms with Crippen molar-refractivity contribution in [1.29, 1.82) is 0 Å². The molecule has 7 nitrogen and oxygen atoms in total. The molecule has 2 unspecified atom stereocenters. The fraction of sp³-hybridized carbons (Fsp3) is 0.435. The summed E-state index contributed by atoms with van der Waals surface area (Å²) in [5.41, 5.74) is -0.281. The van der Waals surface area contributed by atoms with Gasteiger partial charge in [-0.25, -0.2) is 8.78 Å². The number of halogens is 2. The van der Waals surface area contributed by atoms with Crippen LogP contribution in [-0.2, 0) is 9.53 Å². The summed E-state index contributed by atoms with van der Waals surface area (Å²) in [5.74, 6) is -1.17. The summed E-state index contributed by atoms with van der Waals surface area (Å²) >= 11 is 0. The van der Waals surface area contributed by atoms with Crippen LogP contribution < -0.4 is 4.74 Å². The van der Waals surface area contributed by atoms with Gasteiger partial charge in [-0.05, 0) is 36.6 Å². The van der Waals surface area contributed by atoms with E-state index in [1.54, 1.807) is 21.9 Å². The lowest BCUT2D eigenvalue weighted by atomic mass is 9.89. The predicted octanol–water partition coefficient (Wildman–Crippen LogP) is 3.06. The maximum Gasteiger partial charge on any atom is 0.272 e. The number of carbonyl (C=O) groups is 2. The molecule has 3 aliphatic rings. The zero-order valence-corrected chi connectivity index (χ0v) is 17.6. The molecule has 1 aromatic carbocycles. The lowest BCUT2D eigenvalue weighted by Gasteiger charge is -2.37. The maximum absolute atomic E-state index is 13.8. The molecule has 168 valence electrons. The maximum atomic E-state index is 13.8. The highest BCUT2D eigenvalue weighted by Gasteiger charge is 2.58. The molecule has 0 bridgehead atoms. The molecule has 0 saturated carbocycles. The second-order valence-corrected chi connectivity index (χ2v) is 8.45. The first kappa shape index (κ1) is 20.8. The van der Waals surface area contributed by atoms with Crippen molar-refractivity contribution in [3.05, 3.63) is 59.4 Å². The molecule has 0 radical (unpaired) electrons. The SMILES string of the molecule is COc1ccnc(C(=O)N2CCC3(CC2)OC2CCC(c4cc(F)cc(F)c4)N2C3=O)c1. The van der Waals surface area contributed by atoms with Crippen LogP contribution in [0, 0.1) is 11.6 Å². The van der Waals surface area contributed by atoms with Gasteiger partial charge in [0.05, 0.1) is 13.2 Å². The number of fused-ring (bicyclic) bond motifs is 1. The summed E-state index contributed by atoms with van der Waals surface area (Å²) in [7, 11) is 1.52. The molecule has 0 N–H and O–H groups in total. The quantitative estimate of drug-likeness (QED) is 0.729. The Balaban J connectivity index is 1.30. The number of amides is 2. The number of hydrogen-bond acceptors (Lipinski definition) is 5. The lowest BCUT2D eigenvalue weighted by Crippen LogP contribution is -2.51. The van der Waals surface area contributed by atoms with Crippen LogP contribution in [0.3, 0.4) is 0 Å². The van der Waals surface area contributed by atoms with Gasteiger partial charge in [-0.2, -0.15) is 0 Å². The molecular weight excluding hydrogens is 420 g/mol. The molecule has 4 heterocycles. The highest BCUT2D eigenvalue weighted by Crippen LogP contribution is 2.47. The molecule has 1 spiro atoms. The van der Waals surface area contributed by atoms with E-state index in [-0.39, 0.29) is 17.5 Å². The van der Waals surface area contributed by atoms with Gasteiger partial charge in [0.15, 0.2) is 5.60 Å². The largest absolute Gasteiger partial charge is 0.497 e. The number of ether oxygens (including phenoxy) is 2. The van der Waals surface area contributed by atoms with Gasteiger partial charge < -0.3 is 19.3 Å². The molecule has 3 fully saturated rings. The average Bonchev–Trinajstić information content (AvgIpc) is 3.31. The van der Waals surface area contributed by atoms with Crippen molar-refractivity contribution in [1.82, 2.24) is 14.8 Å². The molecular formula is C23H23F2N3O4. The Bertz CT molecular complexity index is 1050. The third-order valence-corrected chi connectivity index (χ3v) is 6.63. The van der Waals surface area contributed by atoms with Gasteiger partial charge >= 0.3 is 0 Å². The summed E-state index contributed by atoms with van der Waals surface area (Å²) in [5, 5.41) is 0. The van der Waals surface area contributed by atoms with Crippen molar-refractivity contribution in [2.45, 2.75) is 43.6 Å². The summed E-state index contributed by atoms with van der Waals surface area (Å²) in [6.07, 6.45) is 3.01. The number of pyridine rings is 1. The van der Waals surface area contributed by atoms with Crippen molar-refractivity contribution >= 4 is 11.8 Å². The minimum atomic E-state index is -1.01. The highest BCUT2D eigenvalue weighted by molar-refractivity contribution is 5.93. The van der Waals surface area contributed by atoms with Crippen molar-refractivity contribution < 1.29 is 27.8 Å². The zero-order chi connectivity index (χ0) is 22.5. The lowest BCUT2D eigenvalue weighted by molar-refractivity contribution is -0.142. The fourth-order valence-corrected chi connectivity index (χ4v) is 5.03. The normalized spacial score (nSPS) is 24.2. The predicted molar refractivity (Wildman–Crippen MR) is 109 cm³/mol. The summed E-state index contributed by atoms with van der Waals surface area (Å²) in [4.78, 5) is 33.7. The average molecular weight is 443 g/mol. The van der Waals surface area contributed by atoms with Gasteiger partial charge in [-0.1, -0.05) is 0 Å². The number of aromatic nitrogens is 1. The first-order valence-electron chi connectivity index (χ1n) is 10.7. The van der Waals surface area contributed by atoms with Gasteiger partial charge in [0.25, 0.3) is 11.8 Å². The Labute approximate surface area is 183 Å². The molecule has 3 aliphatic heterocycles. The van der Waals surface area contributed by atoms with Crippen LogP contribution in [0.15, 0.2) is 36.5 Å². The number of rotatable bonds is 3. The first-order valence-corrected chi connectivity index (χ1v) is 10.7. The third kappa shape index (κ3) is 3.40. The van der Waals surface area contributed by atoms with Gasteiger partial charge in [0.2, 0.25) is 0 Å². The van der Waals surface area contributed by atoms with Crippen molar-refractivity contribution in [3.63, 3.8) is 0 Å². The Morgan fingerprint density at radius 1 is 1.16 bits per heavy atom. The minimum Gasteiger partial charge on any atom is -0.497 e. The highest BCUT2D eigenvalue weighted by atomic mass is 19.1. The molecule has 0 aliphatic carbocycles. The monoisotopic (exact) mass is 443 g/mol. The number of piperidine rings is 1. The van der Waals surface area contributed by atoms with Crippen molar-refractivity contribution in [3.8, 4) is 5.75 Å². The number of hydrogen-bond donors (Lipinski definition) is 0. The molecule has 3 saturated heterocycles. The molecule has 2 atom stereocenters. The first-order chi connectivity index (χ1) is 15.4. The van der Waals surface area contributed by atoms with Gasteiger partial charge in [0, 0.05) is 44.3 Å². The zero-order valence-electron chi connectivity index (χ0n) is 17.6. The summed E-state index contributed by atoms with van der Waals surface area (Å²) < 4.78 is 38.9. The Morgan fingerprint density at radius 3 is 2.56 bits per heavy atom. The van der Waals surface area contributed by atoms with Crippen LogP contribution in [0.1, 0.15) is 47.8 Å². The fourth-order valence-electron chi connectivity index (χ4n) is 5.03. The summed E-state index contributed by atoms with van der Waals surface area (Å²) in [6, 6.07) is 6.21. The van der Waals surface area contributed by atoms with E-state index >= 15 is 0 Å². The van der Waals surface area contributed by atoms with E-state index in [9.17, 15) is 18.4 Å². The number of carbonyl (C=O) groups excluding carboxylic acids is 2.